The van der Waals surface area contributed by atoms with E-state index < -0.39 is 0 Å². The molecule has 0 aliphatic heterocycles. The minimum Gasteiger partial charge on any atom is -0.460 e. The van der Waals surface area contributed by atoms with Crippen LogP contribution in [-0.4, -0.2) is 18.1 Å². The molecule has 3 nitrogen and oxygen atoms in total. The summed E-state index contributed by atoms with van der Waals surface area (Å²) in [5.74, 6) is 0.397. The lowest BCUT2D eigenvalue weighted by molar-refractivity contribution is -0.155. The van der Waals surface area contributed by atoms with Gasteiger partial charge in [0, 0.05) is 6.42 Å². The third kappa shape index (κ3) is 8.05. The zero-order valence-corrected chi connectivity index (χ0v) is 9.80. The Morgan fingerprint density at radius 3 is 2.36 bits per heavy atom. The van der Waals surface area contributed by atoms with Gasteiger partial charge in [0.15, 0.2) is 0 Å². The average Bonchev–Trinajstić information content (AvgIpc) is 1.98. The first-order valence-corrected chi connectivity index (χ1v) is 5.27. The third-order valence-electron chi connectivity index (χ3n) is 1.92. The molecule has 0 amide bonds. The summed E-state index contributed by atoms with van der Waals surface area (Å²) in [4.78, 5) is 11.3. The molecule has 0 aliphatic carbocycles. The molecule has 0 aromatic carbocycles. The fraction of sp³-hybridized carbons (Fsp3) is 0.909. The summed E-state index contributed by atoms with van der Waals surface area (Å²) in [7, 11) is 0. The molecule has 14 heavy (non-hydrogen) atoms. The van der Waals surface area contributed by atoms with Crippen LogP contribution in [0.3, 0.4) is 0 Å². The van der Waals surface area contributed by atoms with Crippen molar-refractivity contribution in [2.75, 3.05) is 6.54 Å². The van der Waals surface area contributed by atoms with E-state index in [1.54, 1.807) is 0 Å². The van der Waals surface area contributed by atoms with Crippen LogP contribution in [0, 0.1) is 5.92 Å². The van der Waals surface area contributed by atoms with Gasteiger partial charge >= 0.3 is 5.97 Å². The van der Waals surface area contributed by atoms with Crippen molar-refractivity contribution in [3.05, 3.63) is 0 Å². The molecule has 0 bridgehead atoms. The Hall–Kier alpha value is -0.570. The Morgan fingerprint density at radius 1 is 1.36 bits per heavy atom. The van der Waals surface area contributed by atoms with Crippen molar-refractivity contribution in [1.29, 1.82) is 0 Å². The van der Waals surface area contributed by atoms with Gasteiger partial charge in [0.25, 0.3) is 0 Å². The molecule has 0 heterocycles. The second-order valence-electron chi connectivity index (χ2n) is 4.81. The number of esters is 1. The van der Waals surface area contributed by atoms with Crippen LogP contribution in [0.25, 0.3) is 0 Å². The van der Waals surface area contributed by atoms with Gasteiger partial charge in [-0.25, -0.2) is 0 Å². The van der Waals surface area contributed by atoms with E-state index >= 15 is 0 Å². The van der Waals surface area contributed by atoms with Crippen LogP contribution in [0.1, 0.15) is 47.0 Å². The Morgan fingerprint density at radius 2 is 1.93 bits per heavy atom. The van der Waals surface area contributed by atoms with Crippen LogP contribution >= 0.6 is 0 Å². The monoisotopic (exact) mass is 201 g/mol. The van der Waals surface area contributed by atoms with Crippen molar-refractivity contribution < 1.29 is 9.53 Å². The molecular formula is C11H23NO2. The quantitative estimate of drug-likeness (QED) is 0.693. The van der Waals surface area contributed by atoms with Crippen molar-refractivity contribution in [1.82, 2.24) is 0 Å². The molecule has 1 unspecified atom stereocenters. The van der Waals surface area contributed by atoms with Gasteiger partial charge < -0.3 is 10.5 Å². The van der Waals surface area contributed by atoms with Crippen LogP contribution < -0.4 is 5.73 Å². The predicted octanol–water partition coefficient (Wildman–Crippen LogP) is 2.09. The van der Waals surface area contributed by atoms with Gasteiger partial charge in [0.1, 0.15) is 5.60 Å². The summed E-state index contributed by atoms with van der Waals surface area (Å²) in [5, 5.41) is 0. The minimum absolute atomic E-state index is 0.110. The first kappa shape index (κ1) is 13.4. The normalized spacial score (nSPS) is 13.8. The first-order valence-electron chi connectivity index (χ1n) is 5.27. The maximum Gasteiger partial charge on any atom is 0.306 e. The SMILES string of the molecule is CC(CCN)CCC(=O)OC(C)(C)C. The summed E-state index contributed by atoms with van der Waals surface area (Å²) in [5.41, 5.74) is 5.05. The largest absolute Gasteiger partial charge is 0.460 e. The standard InChI is InChI=1S/C11H23NO2/c1-9(7-8-12)5-6-10(13)14-11(2,3)4/h9H,5-8,12H2,1-4H3. The van der Waals surface area contributed by atoms with Gasteiger partial charge in [-0.2, -0.15) is 0 Å². The number of hydrogen-bond donors (Lipinski definition) is 1. The van der Waals surface area contributed by atoms with Gasteiger partial charge in [0.2, 0.25) is 0 Å². The smallest absolute Gasteiger partial charge is 0.306 e. The molecule has 84 valence electrons. The van der Waals surface area contributed by atoms with Crippen LogP contribution in [0.2, 0.25) is 0 Å². The van der Waals surface area contributed by atoms with Crippen molar-refractivity contribution in [2.45, 2.75) is 52.6 Å². The van der Waals surface area contributed by atoms with Crippen molar-refractivity contribution >= 4 is 5.97 Å². The zero-order chi connectivity index (χ0) is 11.2. The molecule has 0 fully saturated rings. The van der Waals surface area contributed by atoms with Crippen LogP contribution in [0.5, 0.6) is 0 Å². The maximum absolute atomic E-state index is 11.3. The molecule has 0 aromatic heterocycles. The summed E-state index contributed by atoms with van der Waals surface area (Å²) in [6.45, 7) is 8.45. The molecule has 1 atom stereocenters. The number of carbonyl (C=O) groups excluding carboxylic acids is 1. The van der Waals surface area contributed by atoms with Gasteiger partial charge in [0.05, 0.1) is 0 Å². The molecule has 0 rings (SSSR count). The summed E-state index contributed by atoms with van der Waals surface area (Å²) >= 11 is 0. The molecular weight excluding hydrogens is 178 g/mol. The lowest BCUT2D eigenvalue weighted by Gasteiger charge is -2.20. The maximum atomic E-state index is 11.3. The average molecular weight is 201 g/mol. The van der Waals surface area contributed by atoms with Gasteiger partial charge in [-0.05, 0) is 46.1 Å². The summed E-state index contributed by atoms with van der Waals surface area (Å²) < 4.78 is 5.20. The number of nitrogens with two attached hydrogens (primary N) is 1. The predicted molar refractivity (Wildman–Crippen MR) is 57.9 cm³/mol. The highest BCUT2D eigenvalue weighted by atomic mass is 16.6. The number of carbonyl (C=O) groups is 1. The van der Waals surface area contributed by atoms with E-state index in [0.717, 1.165) is 12.8 Å². The first-order chi connectivity index (χ1) is 6.35. The molecule has 3 heteroatoms. The van der Waals surface area contributed by atoms with Crippen molar-refractivity contribution in [2.24, 2.45) is 11.7 Å². The van der Waals surface area contributed by atoms with Gasteiger partial charge in [-0.3, -0.25) is 4.79 Å². The van der Waals surface area contributed by atoms with Crippen molar-refractivity contribution in [3.63, 3.8) is 0 Å². The highest BCUT2D eigenvalue weighted by molar-refractivity contribution is 5.69. The van der Waals surface area contributed by atoms with E-state index in [1.165, 1.54) is 0 Å². The molecule has 0 aliphatic rings. The third-order valence-corrected chi connectivity index (χ3v) is 1.92. The van der Waals surface area contributed by atoms with Crippen LogP contribution in [0.15, 0.2) is 0 Å². The lowest BCUT2D eigenvalue weighted by atomic mass is 10.0. The molecule has 0 aromatic rings. The van der Waals surface area contributed by atoms with Crippen LogP contribution in [0.4, 0.5) is 0 Å². The summed E-state index contributed by atoms with van der Waals surface area (Å²) in [6.07, 6.45) is 2.34. The molecule has 0 saturated carbocycles. The van der Waals surface area contributed by atoms with Gasteiger partial charge in [-0.1, -0.05) is 6.92 Å². The van der Waals surface area contributed by atoms with E-state index in [4.69, 9.17) is 10.5 Å². The fourth-order valence-corrected chi connectivity index (χ4v) is 1.19. The Kier molecular flexibility index (Phi) is 5.77. The molecule has 0 radical (unpaired) electrons. The summed E-state index contributed by atoms with van der Waals surface area (Å²) in [6, 6.07) is 0. The van der Waals surface area contributed by atoms with E-state index in [-0.39, 0.29) is 11.6 Å². The minimum atomic E-state index is -0.367. The van der Waals surface area contributed by atoms with E-state index in [2.05, 4.69) is 6.92 Å². The van der Waals surface area contributed by atoms with Crippen molar-refractivity contribution in [3.8, 4) is 0 Å². The Labute approximate surface area is 87.0 Å². The second kappa shape index (κ2) is 6.02. The molecule has 0 saturated heterocycles. The second-order valence-corrected chi connectivity index (χ2v) is 4.81. The Bertz CT molecular complexity index is 173. The van der Waals surface area contributed by atoms with E-state index in [1.807, 2.05) is 20.8 Å². The Balaban J connectivity index is 3.64. The fourth-order valence-electron chi connectivity index (χ4n) is 1.19. The van der Waals surface area contributed by atoms with Crippen LogP contribution in [-0.2, 0) is 9.53 Å². The molecule has 2 N–H and O–H groups in total. The highest BCUT2D eigenvalue weighted by Crippen LogP contribution is 2.13. The number of ether oxygens (including phenoxy) is 1. The number of rotatable bonds is 5. The highest BCUT2D eigenvalue weighted by Gasteiger charge is 2.16. The zero-order valence-electron chi connectivity index (χ0n) is 9.80. The van der Waals surface area contributed by atoms with E-state index in [9.17, 15) is 4.79 Å². The lowest BCUT2D eigenvalue weighted by Crippen LogP contribution is -2.24. The topological polar surface area (TPSA) is 52.3 Å². The van der Waals surface area contributed by atoms with E-state index in [0.29, 0.717) is 18.9 Å². The number of hydrogen-bond acceptors (Lipinski definition) is 3. The molecule has 0 spiro atoms. The van der Waals surface area contributed by atoms with Gasteiger partial charge in [-0.15, -0.1) is 0 Å².